The van der Waals surface area contributed by atoms with Gasteiger partial charge in [-0.3, -0.25) is 14.3 Å². The highest BCUT2D eigenvalue weighted by Gasteiger charge is 2.18. The third-order valence-corrected chi connectivity index (χ3v) is 4.23. The van der Waals surface area contributed by atoms with Gasteiger partial charge in [-0.25, -0.2) is 9.97 Å². The molecule has 0 unspecified atom stereocenters. The van der Waals surface area contributed by atoms with Crippen LogP contribution in [0.4, 0.5) is 0 Å². The molecule has 0 aliphatic carbocycles. The molecule has 0 aliphatic heterocycles. The van der Waals surface area contributed by atoms with Crippen LogP contribution in [0.25, 0.3) is 11.2 Å². The lowest BCUT2D eigenvalue weighted by atomic mass is 10.3. The normalized spacial score (nSPS) is 13.7. The molecule has 5 N–H and O–H groups in total. The third-order valence-electron chi connectivity index (χ3n) is 3.45. The molecule has 0 fully saturated rings. The predicted molar refractivity (Wildman–Crippen MR) is 84.6 cm³/mol. The summed E-state index contributed by atoms with van der Waals surface area (Å²) in [6.45, 7) is 0.361. The zero-order chi connectivity index (χ0) is 17.7. The summed E-state index contributed by atoms with van der Waals surface area (Å²) < 4.78 is 12.7. The fraction of sp³-hybridized carbons (Fsp3) is 0.583. The Bertz CT molecular complexity index is 771. The van der Waals surface area contributed by atoms with Gasteiger partial charge in [0.2, 0.25) is 0 Å². The van der Waals surface area contributed by atoms with Crippen LogP contribution in [0, 0.1) is 0 Å². The number of H-pyrrole nitrogens is 1. The van der Waals surface area contributed by atoms with Gasteiger partial charge in [0.05, 0.1) is 31.5 Å². The number of aliphatic hydroxyl groups is 2. The Morgan fingerprint density at radius 3 is 2.75 bits per heavy atom. The molecule has 2 heterocycles. The van der Waals surface area contributed by atoms with Crippen LogP contribution in [0.3, 0.4) is 0 Å². The molecule has 12 heteroatoms. The van der Waals surface area contributed by atoms with Crippen molar-refractivity contribution in [3.8, 4) is 0 Å². The zero-order valence-electron chi connectivity index (χ0n) is 12.8. The average molecular weight is 361 g/mol. The van der Waals surface area contributed by atoms with Gasteiger partial charge >= 0.3 is 7.60 Å². The van der Waals surface area contributed by atoms with Crippen LogP contribution in [0.5, 0.6) is 0 Å². The second-order valence-corrected chi connectivity index (χ2v) is 7.14. The Balaban J connectivity index is 2.06. The second kappa shape index (κ2) is 7.97. The van der Waals surface area contributed by atoms with Crippen molar-refractivity contribution in [3.63, 3.8) is 0 Å². The quantitative estimate of drug-likeness (QED) is 0.316. The molecule has 0 saturated carbocycles. The number of hydrogen-bond donors (Lipinski definition) is 5. The molecular formula is C12H20N5O6P. The van der Waals surface area contributed by atoms with Crippen molar-refractivity contribution in [2.45, 2.75) is 12.6 Å². The largest absolute Gasteiger partial charge is 0.394 e. The van der Waals surface area contributed by atoms with Gasteiger partial charge in [0, 0.05) is 26.2 Å². The number of rotatable bonds is 9. The predicted octanol–water partition coefficient (Wildman–Crippen LogP) is -2.05. The van der Waals surface area contributed by atoms with Gasteiger partial charge in [-0.15, -0.1) is 0 Å². The molecule has 0 aliphatic rings. The number of nitrogens with zero attached hydrogens (tertiary/aromatic N) is 4. The molecule has 0 aromatic carbocycles. The fourth-order valence-electron chi connectivity index (χ4n) is 2.23. The Kier molecular flexibility index (Phi) is 6.21. The van der Waals surface area contributed by atoms with E-state index < -0.39 is 20.3 Å². The van der Waals surface area contributed by atoms with Gasteiger partial charge in [-0.1, -0.05) is 0 Å². The van der Waals surface area contributed by atoms with Crippen LogP contribution >= 0.6 is 7.60 Å². The highest BCUT2D eigenvalue weighted by atomic mass is 31.2. The summed E-state index contributed by atoms with van der Waals surface area (Å²) in [6, 6.07) is 0. The minimum absolute atomic E-state index is 0.0575. The highest BCUT2D eigenvalue weighted by molar-refractivity contribution is 7.51. The smallest absolute Gasteiger partial charge is 0.326 e. The minimum Gasteiger partial charge on any atom is -0.394 e. The minimum atomic E-state index is -4.16. The van der Waals surface area contributed by atoms with Crippen molar-refractivity contribution >= 4 is 18.8 Å². The number of aromatic nitrogens is 4. The summed E-state index contributed by atoms with van der Waals surface area (Å²) >= 11 is 0. The Labute approximate surface area is 136 Å². The molecular weight excluding hydrogens is 341 g/mol. The van der Waals surface area contributed by atoms with Crippen molar-refractivity contribution < 1.29 is 24.6 Å². The van der Waals surface area contributed by atoms with E-state index in [-0.39, 0.29) is 30.3 Å². The Hall–Kier alpha value is -1.62. The average Bonchev–Trinajstić information content (AvgIpc) is 2.93. The highest BCUT2D eigenvalue weighted by Crippen LogP contribution is 2.33. The number of aromatic amines is 1. The van der Waals surface area contributed by atoms with E-state index in [0.717, 1.165) is 0 Å². The number of nitrogens with one attached hydrogen (secondary N) is 1. The van der Waals surface area contributed by atoms with Gasteiger partial charge in [0.1, 0.15) is 0 Å². The molecule has 1 atom stereocenters. The molecule has 0 radical (unpaired) electrons. The van der Waals surface area contributed by atoms with Crippen molar-refractivity contribution in [2.75, 3.05) is 32.4 Å². The van der Waals surface area contributed by atoms with E-state index in [1.807, 2.05) is 0 Å². The molecule has 2 rings (SSSR count). The summed E-state index contributed by atoms with van der Waals surface area (Å²) in [7, 11) is -4.16. The van der Waals surface area contributed by atoms with Gasteiger partial charge in [0.15, 0.2) is 11.2 Å². The van der Waals surface area contributed by atoms with Crippen LogP contribution in [-0.4, -0.2) is 82.9 Å². The van der Waals surface area contributed by atoms with Crippen molar-refractivity contribution in [1.29, 1.82) is 0 Å². The van der Waals surface area contributed by atoms with Crippen LogP contribution in [0.1, 0.15) is 0 Å². The molecule has 0 bridgehead atoms. The number of aliphatic hydroxyl groups excluding tert-OH is 2. The van der Waals surface area contributed by atoms with Crippen LogP contribution in [0.15, 0.2) is 17.4 Å². The van der Waals surface area contributed by atoms with Gasteiger partial charge < -0.3 is 29.6 Å². The van der Waals surface area contributed by atoms with Gasteiger partial charge in [-0.2, -0.15) is 0 Å². The number of imidazole rings is 1. The van der Waals surface area contributed by atoms with Gasteiger partial charge in [0.25, 0.3) is 5.56 Å². The molecule has 2 aromatic rings. The molecule has 134 valence electrons. The van der Waals surface area contributed by atoms with E-state index in [1.165, 1.54) is 12.7 Å². The maximum absolute atomic E-state index is 11.6. The van der Waals surface area contributed by atoms with E-state index >= 15 is 0 Å². The fourth-order valence-corrected chi connectivity index (χ4v) is 2.77. The lowest BCUT2D eigenvalue weighted by Crippen LogP contribution is -2.38. The monoisotopic (exact) mass is 361 g/mol. The lowest BCUT2D eigenvalue weighted by Gasteiger charge is -2.24. The first-order valence-corrected chi connectivity index (χ1v) is 9.04. The Morgan fingerprint density at radius 1 is 1.33 bits per heavy atom. The van der Waals surface area contributed by atoms with Crippen molar-refractivity contribution in [2.24, 2.45) is 0 Å². The van der Waals surface area contributed by atoms with E-state index in [4.69, 9.17) is 14.9 Å². The van der Waals surface area contributed by atoms with Crippen LogP contribution in [-0.2, 0) is 11.1 Å². The molecule has 0 spiro atoms. The van der Waals surface area contributed by atoms with Gasteiger partial charge in [-0.05, 0) is 0 Å². The summed E-state index contributed by atoms with van der Waals surface area (Å²) in [4.78, 5) is 41.7. The first-order chi connectivity index (χ1) is 11.3. The summed E-state index contributed by atoms with van der Waals surface area (Å²) in [5.41, 5.74) is 0.249. The molecule has 24 heavy (non-hydrogen) atoms. The standard InChI is InChI=1S/C12H20N5O6P/c18-6-9(19)5-16(3-4-24(21,22)23)1-2-17-8-15-10-11(17)13-7-14-12(10)20/h7-9,18-19H,1-6H2,(H,13,14,20)(H2,21,22,23)/t9-/m0/s1. The molecule has 2 aromatic heterocycles. The third kappa shape index (κ3) is 5.20. The number of fused-ring (bicyclic) bond motifs is 1. The topological polar surface area (TPSA) is 165 Å². The summed E-state index contributed by atoms with van der Waals surface area (Å²) in [5.74, 6) is 0. The maximum atomic E-state index is 11.6. The number of hydrogen-bond acceptors (Lipinski definition) is 7. The summed E-state index contributed by atoms with van der Waals surface area (Å²) in [5, 5.41) is 18.5. The first-order valence-electron chi connectivity index (χ1n) is 7.24. The molecule has 0 saturated heterocycles. The van der Waals surface area contributed by atoms with E-state index in [0.29, 0.717) is 18.7 Å². The second-order valence-electron chi connectivity index (χ2n) is 5.37. The van der Waals surface area contributed by atoms with E-state index in [1.54, 1.807) is 9.47 Å². The van der Waals surface area contributed by atoms with Crippen molar-refractivity contribution in [3.05, 3.63) is 23.0 Å². The lowest BCUT2D eigenvalue weighted by molar-refractivity contribution is 0.0596. The van der Waals surface area contributed by atoms with Crippen LogP contribution in [0.2, 0.25) is 0 Å². The van der Waals surface area contributed by atoms with E-state index in [9.17, 15) is 14.5 Å². The molecule has 11 nitrogen and oxygen atoms in total. The van der Waals surface area contributed by atoms with E-state index in [2.05, 4.69) is 15.0 Å². The maximum Gasteiger partial charge on any atom is 0.326 e. The Morgan fingerprint density at radius 2 is 2.08 bits per heavy atom. The SMILES string of the molecule is O=c1[nH]cnc2c1ncn2CCN(CCP(=O)(O)O)C[C@H](O)CO. The van der Waals surface area contributed by atoms with Crippen LogP contribution < -0.4 is 5.56 Å². The molecule has 0 amide bonds. The first kappa shape index (κ1) is 18.7. The van der Waals surface area contributed by atoms with Crippen molar-refractivity contribution in [1.82, 2.24) is 24.4 Å². The summed E-state index contributed by atoms with van der Waals surface area (Å²) in [6.07, 6.45) is 1.36. The zero-order valence-corrected chi connectivity index (χ0v) is 13.7.